The topological polar surface area (TPSA) is 0 Å². The molecule has 0 unspecified atom stereocenters. The van der Waals surface area contributed by atoms with Crippen molar-refractivity contribution in [1.29, 1.82) is 0 Å². The van der Waals surface area contributed by atoms with E-state index in [-0.39, 0.29) is 24.8 Å². The summed E-state index contributed by atoms with van der Waals surface area (Å²) in [5.41, 5.74) is 7.25. The van der Waals surface area contributed by atoms with Gasteiger partial charge in [0.1, 0.15) is 0 Å². The SMILES string of the molecule is CC(C)(C)c1cc[cH-]c1.[CH2]=[Zr+2].[Cl-].[Cl-].[c-]1cccc2c1Cc1ccccc1-2. The molecule has 0 aliphatic heterocycles. The Kier molecular flexibility index (Phi) is 11.4. The van der Waals surface area contributed by atoms with E-state index in [0.717, 1.165) is 6.42 Å². The summed E-state index contributed by atoms with van der Waals surface area (Å²) in [5, 5.41) is 0. The van der Waals surface area contributed by atoms with Gasteiger partial charge >= 0.3 is 28.4 Å². The predicted octanol–water partition coefficient (Wildman–Crippen LogP) is -0.266. The minimum atomic E-state index is 0. The average molecular weight is 463 g/mol. The van der Waals surface area contributed by atoms with Crippen LogP contribution >= 0.6 is 0 Å². The van der Waals surface area contributed by atoms with Gasteiger partial charge in [0.25, 0.3) is 0 Å². The van der Waals surface area contributed by atoms with E-state index in [1.54, 1.807) is 0 Å². The van der Waals surface area contributed by atoms with Crippen LogP contribution in [0.5, 0.6) is 0 Å². The zero-order valence-electron chi connectivity index (χ0n) is 15.5. The van der Waals surface area contributed by atoms with Crippen LogP contribution in [0, 0.1) is 6.07 Å². The first-order chi connectivity index (χ1) is 11.6. The molecule has 0 fully saturated rings. The third kappa shape index (κ3) is 6.38. The van der Waals surface area contributed by atoms with E-state index in [0.29, 0.717) is 5.41 Å². The Morgan fingerprint density at radius 2 is 1.62 bits per heavy atom. The van der Waals surface area contributed by atoms with Gasteiger partial charge < -0.3 is 24.8 Å². The summed E-state index contributed by atoms with van der Waals surface area (Å²) >= 11 is 1.30. The maximum absolute atomic E-state index is 3.34. The van der Waals surface area contributed by atoms with E-state index in [2.05, 4.69) is 91.7 Å². The van der Waals surface area contributed by atoms with Crippen molar-refractivity contribution < 1.29 is 49.0 Å². The number of halogens is 2. The summed E-state index contributed by atoms with van der Waals surface area (Å²) in [7, 11) is 0. The van der Waals surface area contributed by atoms with Gasteiger partial charge in [-0.2, -0.15) is 53.6 Å². The summed E-state index contributed by atoms with van der Waals surface area (Å²) in [5.74, 6) is 0. The molecule has 1 aliphatic carbocycles. The Morgan fingerprint density at radius 3 is 2.19 bits per heavy atom. The minimum Gasteiger partial charge on any atom is -1.00 e. The van der Waals surface area contributed by atoms with Crippen molar-refractivity contribution in [3.05, 3.63) is 89.5 Å². The third-order valence-electron chi connectivity index (χ3n) is 4.15. The molecule has 0 atom stereocenters. The average Bonchev–Trinajstić information content (AvgIpc) is 3.25. The second-order valence-corrected chi connectivity index (χ2v) is 6.82. The molecule has 0 saturated heterocycles. The van der Waals surface area contributed by atoms with E-state index in [9.17, 15) is 0 Å². The third-order valence-corrected chi connectivity index (χ3v) is 4.15. The molecule has 0 nitrogen and oxygen atoms in total. The van der Waals surface area contributed by atoms with Crippen LogP contribution in [0.2, 0.25) is 0 Å². The maximum atomic E-state index is 3.34. The predicted molar refractivity (Wildman–Crippen MR) is 101 cm³/mol. The molecule has 3 heteroatoms. The number of benzene rings is 2. The Balaban J connectivity index is 0.000000431. The zero-order chi connectivity index (χ0) is 17.6. The molecule has 26 heavy (non-hydrogen) atoms. The van der Waals surface area contributed by atoms with Crippen LogP contribution in [0.1, 0.15) is 37.5 Å². The normalized spacial score (nSPS) is 10.5. The second-order valence-electron chi connectivity index (χ2n) is 6.82. The first-order valence-corrected chi connectivity index (χ1v) is 9.95. The van der Waals surface area contributed by atoms with E-state index >= 15 is 0 Å². The number of hydrogen-bond acceptors (Lipinski definition) is 0. The molecule has 0 N–H and O–H groups in total. The summed E-state index contributed by atoms with van der Waals surface area (Å²) in [6, 6.07) is 26.6. The Labute approximate surface area is 185 Å². The Hall–Kier alpha value is -0.877. The molecule has 0 aromatic heterocycles. The molecular formula is C23H24Cl2Zr-2. The minimum absolute atomic E-state index is 0. The molecule has 3 aromatic carbocycles. The fourth-order valence-corrected chi connectivity index (χ4v) is 2.87. The molecule has 1 aliphatic rings. The van der Waals surface area contributed by atoms with Crippen LogP contribution in [0.25, 0.3) is 11.1 Å². The fraction of sp³-hybridized carbons (Fsp3) is 0.217. The van der Waals surface area contributed by atoms with E-state index in [1.165, 1.54) is 52.1 Å². The summed E-state index contributed by atoms with van der Waals surface area (Å²) < 4.78 is 3.34. The molecule has 0 bridgehead atoms. The van der Waals surface area contributed by atoms with Gasteiger partial charge in [-0.1, -0.05) is 61.6 Å². The Morgan fingerprint density at radius 1 is 0.962 bits per heavy atom. The van der Waals surface area contributed by atoms with Crippen LogP contribution < -0.4 is 24.8 Å². The van der Waals surface area contributed by atoms with E-state index in [1.807, 2.05) is 6.07 Å². The van der Waals surface area contributed by atoms with Gasteiger partial charge in [0.15, 0.2) is 0 Å². The summed E-state index contributed by atoms with van der Waals surface area (Å²) in [6.45, 7) is 6.67. The standard InChI is InChI=1S/C13H9.C9H13.CH2.2ClH.Zr/c1-3-7-12-10(5-1)9-11-6-2-4-8-13(11)12;1-9(2,3)8-6-4-5-7-8;;;;/h1-5,7-8H,9H2;4-7H,1-3H3;1H2;2*1H;/q2*-1;;;;+2/p-2. The van der Waals surface area contributed by atoms with E-state index in [4.69, 9.17) is 0 Å². The van der Waals surface area contributed by atoms with Crippen LogP contribution in [-0.4, -0.2) is 4.21 Å². The molecule has 0 amide bonds. The molecule has 0 radical (unpaired) electrons. The molecule has 4 rings (SSSR count). The Bertz CT molecular complexity index is 727. The van der Waals surface area contributed by atoms with Gasteiger partial charge in [-0.3, -0.25) is 0 Å². The van der Waals surface area contributed by atoms with Crippen molar-refractivity contribution >= 4 is 4.21 Å². The van der Waals surface area contributed by atoms with Crippen LogP contribution in [0.3, 0.4) is 0 Å². The van der Waals surface area contributed by atoms with Gasteiger partial charge in [-0.05, 0) is 6.42 Å². The van der Waals surface area contributed by atoms with Gasteiger partial charge in [0.05, 0.1) is 0 Å². The van der Waals surface area contributed by atoms with Gasteiger partial charge in [0, 0.05) is 0 Å². The molecule has 0 spiro atoms. The first kappa shape index (κ1) is 25.1. The largest absolute Gasteiger partial charge is 1.00 e. The van der Waals surface area contributed by atoms with Gasteiger partial charge in [-0.25, -0.2) is 6.07 Å². The van der Waals surface area contributed by atoms with Crippen molar-refractivity contribution in [2.75, 3.05) is 0 Å². The smallest absolute Gasteiger partial charge is 0.0253 e. The van der Waals surface area contributed by atoms with Gasteiger partial charge in [-0.15, -0.1) is 5.56 Å². The van der Waals surface area contributed by atoms with Gasteiger partial charge in [0.2, 0.25) is 0 Å². The fourth-order valence-electron chi connectivity index (χ4n) is 2.87. The van der Waals surface area contributed by atoms with Crippen molar-refractivity contribution in [2.24, 2.45) is 0 Å². The van der Waals surface area contributed by atoms with E-state index < -0.39 is 0 Å². The van der Waals surface area contributed by atoms with Crippen LogP contribution in [0.4, 0.5) is 0 Å². The van der Waals surface area contributed by atoms with Crippen molar-refractivity contribution in [1.82, 2.24) is 0 Å². The summed E-state index contributed by atoms with van der Waals surface area (Å²) in [4.78, 5) is 0. The second kappa shape index (κ2) is 11.8. The molecule has 3 aromatic rings. The summed E-state index contributed by atoms with van der Waals surface area (Å²) in [6.07, 6.45) is 1.05. The first-order valence-electron chi connectivity index (χ1n) is 8.21. The number of hydrogen-bond donors (Lipinski definition) is 0. The van der Waals surface area contributed by atoms with Crippen molar-refractivity contribution in [2.45, 2.75) is 32.6 Å². The molecule has 136 valence electrons. The number of rotatable bonds is 0. The maximum Gasteiger partial charge on any atom is -0.0253 e. The number of fused-ring (bicyclic) bond motifs is 3. The van der Waals surface area contributed by atoms with Crippen LogP contribution in [0.15, 0.2) is 66.7 Å². The quantitative estimate of drug-likeness (QED) is 0.316. The monoisotopic (exact) mass is 460 g/mol. The van der Waals surface area contributed by atoms with Crippen LogP contribution in [-0.2, 0) is 36.1 Å². The molecule has 0 saturated carbocycles. The molecular weight excluding hydrogens is 438 g/mol. The van der Waals surface area contributed by atoms with Crippen molar-refractivity contribution in [3.8, 4) is 11.1 Å². The van der Waals surface area contributed by atoms with Crippen molar-refractivity contribution in [3.63, 3.8) is 0 Å². The zero-order valence-corrected chi connectivity index (χ0v) is 19.5. The molecule has 0 heterocycles.